The molecule has 4 rings (SSSR count). The Morgan fingerprint density at radius 3 is 2.59 bits per heavy atom. The Balaban J connectivity index is 1.48. The first-order chi connectivity index (χ1) is 15.5. The van der Waals surface area contributed by atoms with Gasteiger partial charge < -0.3 is 14.6 Å². The van der Waals surface area contributed by atoms with Crippen LogP contribution in [-0.4, -0.2) is 29.7 Å². The molecule has 6 heteroatoms. The van der Waals surface area contributed by atoms with Gasteiger partial charge in [-0.05, 0) is 65.9 Å². The van der Waals surface area contributed by atoms with Gasteiger partial charge in [-0.3, -0.25) is 4.79 Å². The first kappa shape index (κ1) is 22.0. The summed E-state index contributed by atoms with van der Waals surface area (Å²) < 4.78 is 11.3. The number of methoxy groups -OCH3 is 1. The third-order valence-electron chi connectivity index (χ3n) is 5.47. The van der Waals surface area contributed by atoms with Crippen LogP contribution >= 0.6 is 11.8 Å². The molecule has 3 aromatic rings. The van der Waals surface area contributed by atoms with Crippen LogP contribution in [0.4, 0.5) is 0 Å². The number of carboxylic acids is 1. The number of carboxylic acid groups (broad SMARTS) is 1. The molecule has 1 aliphatic rings. The molecule has 0 aromatic heterocycles. The Labute approximate surface area is 191 Å². The molecule has 0 unspecified atom stereocenters. The first-order valence-electron chi connectivity index (χ1n) is 10.4. The van der Waals surface area contributed by atoms with Crippen molar-refractivity contribution >= 4 is 23.5 Å². The highest BCUT2D eigenvalue weighted by atomic mass is 32.2. The molecule has 5 nitrogen and oxygen atoms in total. The smallest absolute Gasteiger partial charge is 0.335 e. The third kappa shape index (κ3) is 5.14. The SMILES string of the molecule is COc1ccc(CCSc2cc3c(cc2OCc2cccc(C(=O)O)c2)C(=O)CC3)cc1. The van der Waals surface area contributed by atoms with E-state index >= 15 is 0 Å². The Hall–Kier alpha value is -3.25. The van der Waals surface area contributed by atoms with Gasteiger partial charge >= 0.3 is 5.97 Å². The minimum atomic E-state index is -0.968. The van der Waals surface area contributed by atoms with Crippen LogP contribution < -0.4 is 9.47 Å². The van der Waals surface area contributed by atoms with Crippen LogP contribution in [0.25, 0.3) is 0 Å². The lowest BCUT2D eigenvalue weighted by Gasteiger charge is -2.14. The summed E-state index contributed by atoms with van der Waals surface area (Å²) in [6, 6.07) is 18.7. The molecular formula is C26H24O5S. The highest BCUT2D eigenvalue weighted by molar-refractivity contribution is 7.99. The summed E-state index contributed by atoms with van der Waals surface area (Å²) in [6.45, 7) is 0.236. The summed E-state index contributed by atoms with van der Waals surface area (Å²) in [4.78, 5) is 24.5. The molecule has 164 valence electrons. The number of carbonyl (C=O) groups is 2. The summed E-state index contributed by atoms with van der Waals surface area (Å²) in [5.41, 5.74) is 4.03. The van der Waals surface area contributed by atoms with E-state index in [9.17, 15) is 14.7 Å². The minimum absolute atomic E-state index is 0.146. The van der Waals surface area contributed by atoms with Gasteiger partial charge in [0.05, 0.1) is 12.7 Å². The number of ketones is 1. The number of aromatic carboxylic acids is 1. The maximum atomic E-state index is 12.2. The fraction of sp³-hybridized carbons (Fsp3) is 0.231. The Kier molecular flexibility index (Phi) is 6.81. The second-order valence-corrected chi connectivity index (χ2v) is 8.76. The molecule has 0 spiro atoms. The van der Waals surface area contributed by atoms with E-state index < -0.39 is 5.97 Å². The average Bonchev–Trinajstić information content (AvgIpc) is 3.17. The van der Waals surface area contributed by atoms with Crippen molar-refractivity contribution in [2.75, 3.05) is 12.9 Å². The summed E-state index contributed by atoms with van der Waals surface area (Å²) in [7, 11) is 1.66. The molecule has 0 amide bonds. The molecule has 0 aliphatic heterocycles. The van der Waals surface area contributed by atoms with Gasteiger partial charge in [0.15, 0.2) is 5.78 Å². The van der Waals surface area contributed by atoms with E-state index in [2.05, 4.69) is 18.2 Å². The van der Waals surface area contributed by atoms with Crippen LogP contribution in [0.15, 0.2) is 65.6 Å². The predicted molar refractivity (Wildman–Crippen MR) is 124 cm³/mol. The number of carbonyl (C=O) groups excluding carboxylic acids is 1. The molecule has 0 atom stereocenters. The molecule has 0 bridgehead atoms. The van der Waals surface area contributed by atoms with E-state index in [0.717, 1.165) is 45.9 Å². The van der Waals surface area contributed by atoms with Crippen molar-refractivity contribution < 1.29 is 24.2 Å². The molecule has 0 radical (unpaired) electrons. The van der Waals surface area contributed by atoms with Crippen LogP contribution in [0.2, 0.25) is 0 Å². The quantitative estimate of drug-likeness (QED) is 0.440. The second-order valence-electron chi connectivity index (χ2n) is 7.62. The number of aryl methyl sites for hydroxylation is 2. The van der Waals surface area contributed by atoms with Gasteiger partial charge in [-0.25, -0.2) is 4.79 Å². The molecule has 0 saturated carbocycles. The monoisotopic (exact) mass is 448 g/mol. The van der Waals surface area contributed by atoms with Crippen LogP contribution in [-0.2, 0) is 19.4 Å². The van der Waals surface area contributed by atoms with Gasteiger partial charge in [-0.15, -0.1) is 11.8 Å². The molecule has 0 saturated heterocycles. The number of hydrogen-bond acceptors (Lipinski definition) is 5. The first-order valence-corrected chi connectivity index (χ1v) is 11.4. The average molecular weight is 449 g/mol. The largest absolute Gasteiger partial charge is 0.497 e. The zero-order valence-corrected chi connectivity index (χ0v) is 18.6. The molecule has 32 heavy (non-hydrogen) atoms. The van der Waals surface area contributed by atoms with Crippen molar-refractivity contribution in [2.45, 2.75) is 30.8 Å². The van der Waals surface area contributed by atoms with Crippen molar-refractivity contribution in [2.24, 2.45) is 0 Å². The zero-order chi connectivity index (χ0) is 22.5. The maximum Gasteiger partial charge on any atom is 0.335 e. The zero-order valence-electron chi connectivity index (χ0n) is 17.8. The Bertz CT molecular complexity index is 1140. The second kappa shape index (κ2) is 9.92. The highest BCUT2D eigenvalue weighted by Gasteiger charge is 2.22. The maximum absolute atomic E-state index is 12.2. The van der Waals surface area contributed by atoms with Crippen LogP contribution in [0, 0.1) is 0 Å². The Morgan fingerprint density at radius 1 is 1.03 bits per heavy atom. The molecule has 3 aromatic carbocycles. The van der Waals surface area contributed by atoms with E-state index in [4.69, 9.17) is 9.47 Å². The van der Waals surface area contributed by atoms with Crippen molar-refractivity contribution in [1.29, 1.82) is 0 Å². The fourth-order valence-electron chi connectivity index (χ4n) is 3.70. The standard InChI is InChI=1S/C26H24O5S/c1-30-21-8-5-17(6-9-21)11-12-32-25-14-19-7-10-23(27)22(19)15-24(25)31-16-18-3-2-4-20(13-18)26(28)29/h2-6,8-9,13-15H,7,10-12,16H2,1H3,(H,28,29). The van der Waals surface area contributed by atoms with Gasteiger partial charge in [0, 0.05) is 22.6 Å². The number of rotatable bonds is 9. The fourth-order valence-corrected chi connectivity index (χ4v) is 4.75. The number of ether oxygens (including phenoxy) is 2. The van der Waals surface area contributed by atoms with E-state index in [1.165, 1.54) is 5.56 Å². The molecule has 0 fully saturated rings. The van der Waals surface area contributed by atoms with Crippen LogP contribution in [0.3, 0.4) is 0 Å². The molecular weight excluding hydrogens is 424 g/mol. The van der Waals surface area contributed by atoms with Crippen molar-refractivity contribution in [3.05, 3.63) is 88.5 Å². The number of benzene rings is 3. The topological polar surface area (TPSA) is 72.8 Å². The molecule has 1 aliphatic carbocycles. The number of hydrogen-bond donors (Lipinski definition) is 1. The van der Waals surface area contributed by atoms with Gasteiger partial charge in [0.25, 0.3) is 0 Å². The third-order valence-corrected chi connectivity index (χ3v) is 6.51. The Morgan fingerprint density at radius 2 is 1.84 bits per heavy atom. The number of fused-ring (bicyclic) bond motifs is 1. The summed E-state index contributed by atoms with van der Waals surface area (Å²) in [5.74, 6) is 1.55. The van der Waals surface area contributed by atoms with E-state index in [1.54, 1.807) is 37.1 Å². The van der Waals surface area contributed by atoms with E-state index in [0.29, 0.717) is 12.2 Å². The highest BCUT2D eigenvalue weighted by Crippen LogP contribution is 2.36. The lowest BCUT2D eigenvalue weighted by Crippen LogP contribution is -2.02. The van der Waals surface area contributed by atoms with Gasteiger partial charge in [-0.1, -0.05) is 24.3 Å². The lowest BCUT2D eigenvalue weighted by molar-refractivity contribution is 0.0696. The summed E-state index contributed by atoms with van der Waals surface area (Å²) in [6.07, 6.45) is 2.20. The van der Waals surface area contributed by atoms with E-state index in [-0.39, 0.29) is 18.0 Å². The lowest BCUT2D eigenvalue weighted by atomic mass is 10.1. The van der Waals surface area contributed by atoms with Crippen LogP contribution in [0.1, 0.15) is 43.8 Å². The molecule has 0 heterocycles. The van der Waals surface area contributed by atoms with Crippen LogP contribution in [0.5, 0.6) is 11.5 Å². The molecule has 1 N–H and O–H groups in total. The summed E-state index contributed by atoms with van der Waals surface area (Å²) in [5, 5.41) is 9.21. The van der Waals surface area contributed by atoms with Crippen molar-refractivity contribution in [1.82, 2.24) is 0 Å². The predicted octanol–water partition coefficient (Wildman–Crippen LogP) is 5.44. The number of thioether (sulfide) groups is 1. The minimum Gasteiger partial charge on any atom is -0.497 e. The van der Waals surface area contributed by atoms with Gasteiger partial charge in [0.1, 0.15) is 18.1 Å². The van der Waals surface area contributed by atoms with Crippen molar-refractivity contribution in [3.63, 3.8) is 0 Å². The van der Waals surface area contributed by atoms with E-state index in [1.807, 2.05) is 24.3 Å². The van der Waals surface area contributed by atoms with Crippen molar-refractivity contribution in [3.8, 4) is 11.5 Å². The van der Waals surface area contributed by atoms with Gasteiger partial charge in [0.2, 0.25) is 0 Å². The number of Topliss-reactive ketones (excluding diaryl/α,β-unsaturated/α-hetero) is 1. The normalized spacial score (nSPS) is 12.5. The van der Waals surface area contributed by atoms with Gasteiger partial charge in [-0.2, -0.15) is 0 Å². The summed E-state index contributed by atoms with van der Waals surface area (Å²) >= 11 is 1.70.